The fourth-order valence-electron chi connectivity index (χ4n) is 2.68. The molecule has 1 amide bonds. The second-order valence-electron chi connectivity index (χ2n) is 6.36. The highest BCUT2D eigenvalue weighted by atomic mass is 32.2. The molecule has 3 aromatic rings. The second-order valence-corrected chi connectivity index (χ2v) is 7.37. The second kappa shape index (κ2) is 8.43. The van der Waals surface area contributed by atoms with Gasteiger partial charge < -0.3 is 14.7 Å². The SMILES string of the molecule is Cc1cc(CSc2ccccc2C(=O)Nc2cc(F)c(N(C)C)c(F)c2)on1. The van der Waals surface area contributed by atoms with Gasteiger partial charge in [0.05, 0.1) is 17.0 Å². The molecule has 0 aliphatic heterocycles. The molecule has 0 unspecified atom stereocenters. The molecule has 0 aliphatic rings. The van der Waals surface area contributed by atoms with Gasteiger partial charge in [-0.1, -0.05) is 17.3 Å². The predicted octanol–water partition coefficient (Wildman–Crippen LogP) is 4.87. The first-order chi connectivity index (χ1) is 13.3. The molecule has 146 valence electrons. The molecule has 5 nitrogen and oxygen atoms in total. The van der Waals surface area contributed by atoms with E-state index in [1.54, 1.807) is 32.3 Å². The van der Waals surface area contributed by atoms with Gasteiger partial charge in [0.1, 0.15) is 11.4 Å². The van der Waals surface area contributed by atoms with E-state index < -0.39 is 17.5 Å². The molecule has 2 aromatic carbocycles. The lowest BCUT2D eigenvalue weighted by Crippen LogP contribution is -2.16. The van der Waals surface area contributed by atoms with Gasteiger partial charge in [-0.25, -0.2) is 8.78 Å². The van der Waals surface area contributed by atoms with E-state index in [-0.39, 0.29) is 11.4 Å². The summed E-state index contributed by atoms with van der Waals surface area (Å²) >= 11 is 1.42. The van der Waals surface area contributed by atoms with Crippen LogP contribution in [-0.4, -0.2) is 25.2 Å². The maximum absolute atomic E-state index is 14.2. The van der Waals surface area contributed by atoms with E-state index in [0.29, 0.717) is 17.1 Å². The van der Waals surface area contributed by atoms with Gasteiger partial charge in [-0.3, -0.25) is 4.79 Å². The van der Waals surface area contributed by atoms with Crippen molar-refractivity contribution in [3.8, 4) is 0 Å². The van der Waals surface area contributed by atoms with Crippen LogP contribution >= 0.6 is 11.8 Å². The Morgan fingerprint density at radius 2 is 1.86 bits per heavy atom. The summed E-state index contributed by atoms with van der Waals surface area (Å²) in [7, 11) is 3.09. The normalized spacial score (nSPS) is 10.8. The minimum atomic E-state index is -0.747. The zero-order chi connectivity index (χ0) is 20.3. The van der Waals surface area contributed by atoms with Crippen molar-refractivity contribution in [1.82, 2.24) is 5.16 Å². The van der Waals surface area contributed by atoms with E-state index in [2.05, 4.69) is 10.5 Å². The van der Waals surface area contributed by atoms with E-state index in [1.807, 2.05) is 19.1 Å². The van der Waals surface area contributed by atoms with Crippen molar-refractivity contribution < 1.29 is 18.1 Å². The number of aromatic nitrogens is 1. The van der Waals surface area contributed by atoms with Crippen LogP contribution in [-0.2, 0) is 5.75 Å². The summed E-state index contributed by atoms with van der Waals surface area (Å²) in [6, 6.07) is 11.0. The minimum absolute atomic E-state index is 0.0521. The molecule has 0 saturated heterocycles. The van der Waals surface area contributed by atoms with Gasteiger partial charge in [-0.2, -0.15) is 0 Å². The van der Waals surface area contributed by atoms with Crippen molar-refractivity contribution in [3.05, 3.63) is 71.1 Å². The molecule has 1 heterocycles. The molecule has 0 bridgehead atoms. The minimum Gasteiger partial charge on any atom is -0.373 e. The smallest absolute Gasteiger partial charge is 0.256 e. The maximum atomic E-state index is 14.2. The zero-order valence-electron chi connectivity index (χ0n) is 15.6. The number of hydrogen-bond acceptors (Lipinski definition) is 5. The fourth-order valence-corrected chi connectivity index (χ4v) is 3.60. The number of aryl methyl sites for hydroxylation is 1. The first kappa shape index (κ1) is 19.9. The van der Waals surface area contributed by atoms with Crippen LogP contribution in [0, 0.1) is 18.6 Å². The van der Waals surface area contributed by atoms with Crippen molar-refractivity contribution in [2.75, 3.05) is 24.3 Å². The standard InChI is InChI=1S/C20H19F2N3O2S/c1-12-8-14(27-24-12)11-28-18-7-5-4-6-15(18)20(26)23-13-9-16(21)19(25(2)3)17(22)10-13/h4-10H,11H2,1-3H3,(H,23,26). The number of anilines is 2. The van der Waals surface area contributed by atoms with Gasteiger partial charge in [-0.05, 0) is 31.2 Å². The van der Waals surface area contributed by atoms with Crippen molar-refractivity contribution in [2.24, 2.45) is 0 Å². The topological polar surface area (TPSA) is 58.4 Å². The Morgan fingerprint density at radius 3 is 2.46 bits per heavy atom. The highest BCUT2D eigenvalue weighted by molar-refractivity contribution is 7.98. The highest BCUT2D eigenvalue weighted by Crippen LogP contribution is 2.29. The number of benzene rings is 2. The molecular formula is C20H19F2N3O2S. The summed E-state index contributed by atoms with van der Waals surface area (Å²) in [4.78, 5) is 14.7. The molecular weight excluding hydrogens is 384 g/mol. The van der Waals surface area contributed by atoms with Gasteiger partial charge in [0, 0.05) is 30.7 Å². The van der Waals surface area contributed by atoms with E-state index in [9.17, 15) is 13.6 Å². The third-order valence-electron chi connectivity index (χ3n) is 3.90. The highest BCUT2D eigenvalue weighted by Gasteiger charge is 2.17. The maximum Gasteiger partial charge on any atom is 0.256 e. The molecule has 28 heavy (non-hydrogen) atoms. The van der Waals surface area contributed by atoms with Crippen molar-refractivity contribution in [1.29, 1.82) is 0 Å². The number of nitrogens with one attached hydrogen (secondary N) is 1. The van der Waals surface area contributed by atoms with Crippen LogP contribution in [0.4, 0.5) is 20.2 Å². The molecule has 0 atom stereocenters. The molecule has 1 N–H and O–H groups in total. The molecule has 0 fully saturated rings. The number of rotatable bonds is 6. The molecule has 3 rings (SSSR count). The van der Waals surface area contributed by atoms with Gasteiger partial charge in [0.25, 0.3) is 5.91 Å². The van der Waals surface area contributed by atoms with Crippen LogP contribution in [0.25, 0.3) is 0 Å². The van der Waals surface area contributed by atoms with Crippen molar-refractivity contribution in [2.45, 2.75) is 17.6 Å². The average Bonchev–Trinajstić information content (AvgIpc) is 3.04. The summed E-state index contributed by atoms with van der Waals surface area (Å²) in [5.41, 5.74) is 1.08. The Bertz CT molecular complexity index is 982. The summed E-state index contributed by atoms with van der Waals surface area (Å²) in [6.07, 6.45) is 0. The first-order valence-corrected chi connectivity index (χ1v) is 9.45. The van der Waals surface area contributed by atoms with Crippen molar-refractivity contribution >= 4 is 29.0 Å². The van der Waals surface area contributed by atoms with Crippen LogP contribution in [0.3, 0.4) is 0 Å². The molecule has 0 saturated carbocycles. The van der Waals surface area contributed by atoms with E-state index in [1.165, 1.54) is 16.7 Å². The average molecular weight is 403 g/mol. The Morgan fingerprint density at radius 1 is 1.18 bits per heavy atom. The van der Waals surface area contributed by atoms with E-state index in [0.717, 1.165) is 22.7 Å². The lowest BCUT2D eigenvalue weighted by Gasteiger charge is -2.16. The van der Waals surface area contributed by atoms with E-state index >= 15 is 0 Å². The fraction of sp³-hybridized carbons (Fsp3) is 0.200. The van der Waals surface area contributed by atoms with Crippen LogP contribution in [0.5, 0.6) is 0 Å². The molecule has 1 aromatic heterocycles. The number of amides is 1. The summed E-state index contributed by atoms with van der Waals surface area (Å²) < 4.78 is 33.5. The number of thioether (sulfide) groups is 1. The number of halogens is 2. The van der Waals surface area contributed by atoms with Crippen LogP contribution in [0.1, 0.15) is 21.8 Å². The van der Waals surface area contributed by atoms with Crippen LogP contribution in [0.15, 0.2) is 51.9 Å². The monoisotopic (exact) mass is 403 g/mol. The third kappa shape index (κ3) is 4.51. The zero-order valence-corrected chi connectivity index (χ0v) is 16.4. The molecule has 0 radical (unpaired) electrons. The van der Waals surface area contributed by atoms with E-state index in [4.69, 9.17) is 4.52 Å². The van der Waals surface area contributed by atoms with Gasteiger partial charge in [0.15, 0.2) is 11.6 Å². The molecule has 8 heteroatoms. The molecule has 0 aliphatic carbocycles. The summed E-state index contributed by atoms with van der Waals surface area (Å²) in [6.45, 7) is 1.83. The van der Waals surface area contributed by atoms with Gasteiger partial charge in [-0.15, -0.1) is 11.8 Å². The lowest BCUT2D eigenvalue weighted by molar-refractivity contribution is 0.102. The Hall–Kier alpha value is -2.87. The van der Waals surface area contributed by atoms with Gasteiger partial charge >= 0.3 is 0 Å². The quantitative estimate of drug-likeness (QED) is 0.595. The predicted molar refractivity (Wildman–Crippen MR) is 106 cm³/mol. The Balaban J connectivity index is 1.78. The van der Waals surface area contributed by atoms with Crippen LogP contribution in [0.2, 0.25) is 0 Å². The Labute approximate surface area is 165 Å². The Kier molecular flexibility index (Phi) is 5.99. The number of carbonyl (C=O) groups excluding carboxylic acids is 1. The third-order valence-corrected chi connectivity index (χ3v) is 5.00. The largest absolute Gasteiger partial charge is 0.373 e. The number of nitrogens with zero attached hydrogens (tertiary/aromatic N) is 2. The number of carbonyl (C=O) groups is 1. The number of hydrogen-bond donors (Lipinski definition) is 1. The van der Waals surface area contributed by atoms with Gasteiger partial charge in [0.2, 0.25) is 0 Å². The van der Waals surface area contributed by atoms with Crippen molar-refractivity contribution in [3.63, 3.8) is 0 Å². The lowest BCUT2D eigenvalue weighted by atomic mass is 10.2. The van der Waals surface area contributed by atoms with Crippen LogP contribution < -0.4 is 10.2 Å². The summed E-state index contributed by atoms with van der Waals surface area (Å²) in [5, 5.41) is 6.40. The first-order valence-electron chi connectivity index (χ1n) is 8.47. The molecule has 0 spiro atoms. The summed E-state index contributed by atoms with van der Waals surface area (Å²) in [5.74, 6) is -0.743.